The third-order valence-electron chi connectivity index (χ3n) is 9.85. The SMILES string of the molecule is CC/C=C/C/C=C/C/C=C/C/C=C/CCCCCCCCCCCC(=O)OCC(COCCC(C(=O)O)[N+](C)(C)C)OC(=O)CCCCCCC/C=C/C/C=C/CC. The molecule has 0 aromatic carbocycles. The Morgan fingerprint density at radius 3 is 1.34 bits per heavy atom. The molecule has 332 valence electrons. The number of rotatable bonds is 40. The van der Waals surface area contributed by atoms with E-state index < -0.39 is 18.1 Å². The topological polar surface area (TPSA) is 99.1 Å². The quantitative estimate of drug-likeness (QED) is 0.0285. The Kier molecular flexibility index (Phi) is 38.3. The van der Waals surface area contributed by atoms with Crippen LogP contribution in [-0.4, -0.2) is 80.6 Å². The zero-order valence-electron chi connectivity index (χ0n) is 37.7. The first kappa shape index (κ1) is 54.8. The fraction of sp³-hybridized carbons (Fsp3) is 0.700. The second-order valence-electron chi connectivity index (χ2n) is 16.2. The van der Waals surface area contributed by atoms with E-state index in [2.05, 4.69) is 86.8 Å². The van der Waals surface area contributed by atoms with Crippen LogP contribution in [0.25, 0.3) is 0 Å². The number of nitrogens with zero attached hydrogens (tertiary/aromatic N) is 1. The van der Waals surface area contributed by atoms with Crippen LogP contribution in [-0.2, 0) is 28.6 Å². The molecule has 0 aliphatic rings. The van der Waals surface area contributed by atoms with E-state index in [0.717, 1.165) is 103 Å². The molecule has 0 aromatic rings. The van der Waals surface area contributed by atoms with Crippen LogP contribution < -0.4 is 0 Å². The number of carboxylic acids is 1. The second kappa shape index (κ2) is 40.5. The lowest BCUT2D eigenvalue weighted by molar-refractivity contribution is -0.887. The molecule has 0 aromatic heterocycles. The van der Waals surface area contributed by atoms with Crippen LogP contribution in [0.2, 0.25) is 0 Å². The third kappa shape index (κ3) is 38.3. The van der Waals surface area contributed by atoms with E-state index in [9.17, 15) is 19.5 Å². The normalized spacial score (nSPS) is 13.6. The number of carbonyl (C=O) groups excluding carboxylic acids is 2. The molecule has 2 unspecified atom stereocenters. The molecule has 1 N–H and O–H groups in total. The van der Waals surface area contributed by atoms with E-state index in [-0.39, 0.29) is 36.2 Å². The fourth-order valence-corrected chi connectivity index (χ4v) is 6.35. The average molecular weight is 813 g/mol. The van der Waals surface area contributed by atoms with Gasteiger partial charge in [-0.15, -0.1) is 0 Å². The van der Waals surface area contributed by atoms with Crippen molar-refractivity contribution in [1.29, 1.82) is 0 Å². The van der Waals surface area contributed by atoms with Crippen molar-refractivity contribution < 1.29 is 38.2 Å². The molecule has 0 amide bonds. The van der Waals surface area contributed by atoms with E-state index >= 15 is 0 Å². The lowest BCUT2D eigenvalue weighted by Gasteiger charge is -2.31. The van der Waals surface area contributed by atoms with Gasteiger partial charge in [0.2, 0.25) is 0 Å². The molecule has 0 heterocycles. The standard InChI is InChI=1S/C50H85NO7/c1-6-8-10-12-14-16-18-20-21-22-23-24-25-26-27-28-29-31-32-34-36-38-40-48(52)57-45-46(44-56-43-42-47(50(54)55)51(3,4)5)58-49(53)41-39-37-35-33-30-19-17-15-13-11-9-7-2/h8-11,14-17,20-21,23-24,46-47H,6-7,12-13,18-19,22,25-45H2,1-5H3/p+1/b10-8+,11-9+,16-14+,17-15+,21-20+,24-23+. The lowest BCUT2D eigenvalue weighted by atomic mass is 10.1. The van der Waals surface area contributed by atoms with Gasteiger partial charge in [-0.2, -0.15) is 0 Å². The van der Waals surface area contributed by atoms with Gasteiger partial charge in [-0.3, -0.25) is 9.59 Å². The maximum atomic E-state index is 12.7. The number of unbranched alkanes of at least 4 members (excludes halogenated alkanes) is 14. The lowest BCUT2D eigenvalue weighted by Crippen LogP contribution is -2.50. The fourth-order valence-electron chi connectivity index (χ4n) is 6.35. The molecule has 0 spiro atoms. The Morgan fingerprint density at radius 2 is 0.914 bits per heavy atom. The Labute approximate surface area is 355 Å². The van der Waals surface area contributed by atoms with Gasteiger partial charge in [-0.05, 0) is 77.0 Å². The van der Waals surface area contributed by atoms with Crippen LogP contribution in [0.1, 0.15) is 174 Å². The summed E-state index contributed by atoms with van der Waals surface area (Å²) < 4.78 is 17.3. The molecule has 0 saturated heterocycles. The van der Waals surface area contributed by atoms with Gasteiger partial charge in [0.25, 0.3) is 0 Å². The van der Waals surface area contributed by atoms with E-state index in [1.165, 1.54) is 38.5 Å². The van der Waals surface area contributed by atoms with Gasteiger partial charge in [-0.1, -0.05) is 151 Å². The summed E-state index contributed by atoms with van der Waals surface area (Å²) in [5.74, 6) is -1.50. The molecular weight excluding hydrogens is 727 g/mol. The van der Waals surface area contributed by atoms with Crippen LogP contribution >= 0.6 is 0 Å². The molecule has 8 nitrogen and oxygen atoms in total. The van der Waals surface area contributed by atoms with Gasteiger partial charge in [0.15, 0.2) is 12.1 Å². The van der Waals surface area contributed by atoms with Crippen LogP contribution in [0.4, 0.5) is 0 Å². The molecule has 0 aliphatic heterocycles. The first-order chi connectivity index (χ1) is 28.1. The molecule has 58 heavy (non-hydrogen) atoms. The van der Waals surface area contributed by atoms with E-state index in [0.29, 0.717) is 19.3 Å². The Balaban J connectivity index is 4.27. The zero-order chi connectivity index (χ0) is 42.8. The molecule has 2 atom stereocenters. The Bertz CT molecular complexity index is 1180. The van der Waals surface area contributed by atoms with Crippen molar-refractivity contribution in [1.82, 2.24) is 0 Å². The Morgan fingerprint density at radius 1 is 0.517 bits per heavy atom. The monoisotopic (exact) mass is 813 g/mol. The number of carboxylic acid groups (broad SMARTS) is 1. The molecule has 0 saturated carbocycles. The number of hydrogen-bond acceptors (Lipinski definition) is 6. The first-order valence-corrected chi connectivity index (χ1v) is 23.0. The first-order valence-electron chi connectivity index (χ1n) is 23.0. The summed E-state index contributed by atoms with van der Waals surface area (Å²) in [6.07, 6.45) is 50.9. The molecular formula is C50H86NO7+. The van der Waals surface area contributed by atoms with Crippen molar-refractivity contribution in [2.75, 3.05) is 41.0 Å². The number of likely N-dealkylation sites (N-methyl/N-ethyl adjacent to an activating group) is 1. The number of ether oxygens (including phenoxy) is 3. The largest absolute Gasteiger partial charge is 0.477 e. The molecule has 0 rings (SSSR count). The number of hydrogen-bond donors (Lipinski definition) is 1. The predicted molar refractivity (Wildman–Crippen MR) is 243 cm³/mol. The van der Waals surface area contributed by atoms with Crippen molar-refractivity contribution in [3.05, 3.63) is 72.9 Å². The third-order valence-corrected chi connectivity index (χ3v) is 9.85. The summed E-state index contributed by atoms with van der Waals surface area (Å²) in [6, 6.07) is -0.621. The van der Waals surface area contributed by atoms with Crippen molar-refractivity contribution in [2.24, 2.45) is 0 Å². The van der Waals surface area contributed by atoms with E-state index in [4.69, 9.17) is 14.2 Å². The maximum absolute atomic E-state index is 12.7. The van der Waals surface area contributed by atoms with E-state index in [1.54, 1.807) is 0 Å². The van der Waals surface area contributed by atoms with Crippen molar-refractivity contribution >= 4 is 17.9 Å². The molecule has 8 heteroatoms. The predicted octanol–water partition coefficient (Wildman–Crippen LogP) is 12.7. The minimum Gasteiger partial charge on any atom is -0.477 e. The van der Waals surface area contributed by atoms with E-state index in [1.807, 2.05) is 21.1 Å². The van der Waals surface area contributed by atoms with Crippen LogP contribution in [0.15, 0.2) is 72.9 Å². The smallest absolute Gasteiger partial charge is 0.362 e. The zero-order valence-corrected chi connectivity index (χ0v) is 37.7. The molecule has 0 fully saturated rings. The average Bonchev–Trinajstić information content (AvgIpc) is 3.18. The number of esters is 2. The molecule has 0 aliphatic carbocycles. The molecule has 0 bridgehead atoms. The summed E-state index contributed by atoms with van der Waals surface area (Å²) in [7, 11) is 5.51. The summed E-state index contributed by atoms with van der Waals surface area (Å²) in [5, 5.41) is 9.62. The minimum absolute atomic E-state index is 0.0503. The highest BCUT2D eigenvalue weighted by molar-refractivity contribution is 5.72. The second-order valence-corrected chi connectivity index (χ2v) is 16.2. The van der Waals surface area contributed by atoms with Crippen LogP contribution in [0.3, 0.4) is 0 Å². The van der Waals surface area contributed by atoms with Crippen LogP contribution in [0.5, 0.6) is 0 Å². The molecule has 0 radical (unpaired) electrons. The maximum Gasteiger partial charge on any atom is 0.362 e. The highest BCUT2D eigenvalue weighted by atomic mass is 16.6. The van der Waals surface area contributed by atoms with Crippen molar-refractivity contribution in [3.8, 4) is 0 Å². The van der Waals surface area contributed by atoms with Gasteiger partial charge < -0.3 is 23.8 Å². The van der Waals surface area contributed by atoms with Gasteiger partial charge >= 0.3 is 17.9 Å². The highest BCUT2D eigenvalue weighted by Crippen LogP contribution is 2.14. The highest BCUT2D eigenvalue weighted by Gasteiger charge is 2.31. The minimum atomic E-state index is -0.881. The Hall–Kier alpha value is -3.23. The van der Waals surface area contributed by atoms with Crippen molar-refractivity contribution in [2.45, 2.75) is 187 Å². The van der Waals surface area contributed by atoms with Gasteiger partial charge in [0, 0.05) is 19.3 Å². The van der Waals surface area contributed by atoms with Crippen LogP contribution in [0, 0.1) is 0 Å². The summed E-state index contributed by atoms with van der Waals surface area (Å²) >= 11 is 0. The van der Waals surface area contributed by atoms with Gasteiger partial charge in [0.05, 0.1) is 34.4 Å². The van der Waals surface area contributed by atoms with Gasteiger partial charge in [0.1, 0.15) is 6.61 Å². The number of allylic oxidation sites excluding steroid dienone is 12. The summed E-state index contributed by atoms with van der Waals surface area (Å²) in [4.78, 5) is 37.0. The van der Waals surface area contributed by atoms with Gasteiger partial charge in [-0.25, -0.2) is 4.79 Å². The summed E-state index contributed by atoms with van der Waals surface area (Å²) in [5.41, 5.74) is 0. The summed E-state index contributed by atoms with van der Waals surface area (Å²) in [6.45, 7) is 4.48. The number of quaternary nitrogens is 1. The number of aliphatic carboxylic acids is 1. The van der Waals surface area contributed by atoms with Crippen molar-refractivity contribution in [3.63, 3.8) is 0 Å². The number of carbonyl (C=O) groups is 3.